The Labute approximate surface area is 177 Å². The molecule has 8 nitrogen and oxygen atoms in total. The summed E-state index contributed by atoms with van der Waals surface area (Å²) >= 11 is 6.04. The highest BCUT2D eigenvalue weighted by Crippen LogP contribution is 2.33. The van der Waals surface area contributed by atoms with Gasteiger partial charge in [-0.25, -0.2) is 9.78 Å². The molecule has 156 valence electrons. The second-order valence-corrected chi connectivity index (χ2v) is 7.83. The van der Waals surface area contributed by atoms with Crippen molar-refractivity contribution >= 4 is 17.5 Å². The fraction of sp³-hybridized carbons (Fsp3) is 0.333. The van der Waals surface area contributed by atoms with E-state index in [1.165, 1.54) is 24.7 Å². The number of nitrogens with zero attached hydrogens (tertiary/aromatic N) is 4. The normalized spacial score (nSPS) is 16.2. The van der Waals surface area contributed by atoms with Gasteiger partial charge in [-0.3, -0.25) is 18.7 Å². The fourth-order valence-corrected chi connectivity index (χ4v) is 3.97. The molecule has 1 atom stereocenters. The molecule has 0 aliphatic carbocycles. The second kappa shape index (κ2) is 7.95. The van der Waals surface area contributed by atoms with Crippen LogP contribution in [0, 0.1) is 0 Å². The van der Waals surface area contributed by atoms with Crippen molar-refractivity contribution in [2.24, 2.45) is 14.1 Å². The van der Waals surface area contributed by atoms with Crippen molar-refractivity contribution in [1.29, 1.82) is 0 Å². The highest BCUT2D eigenvalue weighted by atomic mass is 35.5. The maximum atomic E-state index is 13.1. The van der Waals surface area contributed by atoms with E-state index in [1.54, 1.807) is 11.1 Å². The highest BCUT2D eigenvalue weighted by Gasteiger charge is 2.35. The average Bonchev–Trinajstić information content (AvgIpc) is 3.38. The van der Waals surface area contributed by atoms with E-state index < -0.39 is 11.2 Å². The largest absolute Gasteiger partial charge is 0.443 e. The van der Waals surface area contributed by atoms with Gasteiger partial charge in [0.25, 0.3) is 11.5 Å². The predicted octanol–water partition coefficient (Wildman–Crippen LogP) is 2.29. The first-order chi connectivity index (χ1) is 14.3. The van der Waals surface area contributed by atoms with Gasteiger partial charge >= 0.3 is 5.69 Å². The molecule has 0 bridgehead atoms. The molecule has 0 radical (unpaired) electrons. The van der Waals surface area contributed by atoms with Crippen LogP contribution in [0.15, 0.2) is 50.5 Å². The maximum Gasteiger partial charge on any atom is 0.331 e. The molecule has 0 N–H and O–H groups in total. The zero-order valence-electron chi connectivity index (χ0n) is 16.7. The van der Waals surface area contributed by atoms with E-state index in [-0.39, 0.29) is 17.6 Å². The predicted molar refractivity (Wildman–Crippen MR) is 111 cm³/mol. The molecule has 2 aromatic heterocycles. The Hall–Kier alpha value is -3.13. The van der Waals surface area contributed by atoms with Crippen molar-refractivity contribution in [3.8, 4) is 0 Å². The number of benzene rings is 1. The Morgan fingerprint density at radius 3 is 2.80 bits per heavy atom. The van der Waals surface area contributed by atoms with Gasteiger partial charge in [-0.2, -0.15) is 0 Å². The third-order valence-corrected chi connectivity index (χ3v) is 5.62. The van der Waals surface area contributed by atoms with Gasteiger partial charge in [-0.1, -0.05) is 23.7 Å². The molecule has 1 aliphatic rings. The second-order valence-electron chi connectivity index (χ2n) is 7.40. The van der Waals surface area contributed by atoms with Gasteiger partial charge in [0, 0.05) is 38.1 Å². The topological polar surface area (TPSA) is 90.3 Å². The van der Waals surface area contributed by atoms with Crippen LogP contribution in [0.25, 0.3) is 0 Å². The molecular weight excluding hydrogens is 408 g/mol. The number of likely N-dealkylation sites (tertiary alicyclic amines) is 1. The summed E-state index contributed by atoms with van der Waals surface area (Å²) in [6, 6.07) is 8.36. The summed E-state index contributed by atoms with van der Waals surface area (Å²) in [7, 11) is 2.86. The summed E-state index contributed by atoms with van der Waals surface area (Å²) in [6.45, 7) is 0.499. The minimum atomic E-state index is -0.540. The van der Waals surface area contributed by atoms with Crippen LogP contribution in [0.2, 0.25) is 5.02 Å². The first-order valence-electron chi connectivity index (χ1n) is 9.62. The van der Waals surface area contributed by atoms with E-state index in [4.69, 9.17) is 16.0 Å². The smallest absolute Gasteiger partial charge is 0.331 e. The molecule has 3 heterocycles. The van der Waals surface area contributed by atoms with Crippen molar-refractivity contribution in [3.63, 3.8) is 0 Å². The van der Waals surface area contributed by atoms with E-state index in [2.05, 4.69) is 4.98 Å². The van der Waals surface area contributed by atoms with Gasteiger partial charge in [0.1, 0.15) is 17.5 Å². The lowest BCUT2D eigenvalue weighted by molar-refractivity contribution is 0.0702. The molecule has 0 saturated carbocycles. The average molecular weight is 429 g/mol. The molecule has 1 fully saturated rings. The first-order valence-corrected chi connectivity index (χ1v) is 10.00. The van der Waals surface area contributed by atoms with Gasteiger partial charge in [0.05, 0.1) is 6.20 Å². The zero-order chi connectivity index (χ0) is 21.4. The first kappa shape index (κ1) is 20.2. The summed E-state index contributed by atoms with van der Waals surface area (Å²) in [5.41, 5.74) is -0.000880. The third-order valence-electron chi connectivity index (χ3n) is 5.38. The summed E-state index contributed by atoms with van der Waals surface area (Å²) in [6.07, 6.45) is 3.67. The van der Waals surface area contributed by atoms with Gasteiger partial charge in [0.2, 0.25) is 5.89 Å². The van der Waals surface area contributed by atoms with E-state index in [1.807, 2.05) is 24.3 Å². The Balaban J connectivity index is 1.59. The van der Waals surface area contributed by atoms with E-state index >= 15 is 0 Å². The van der Waals surface area contributed by atoms with Crippen LogP contribution in [-0.4, -0.2) is 31.5 Å². The van der Waals surface area contributed by atoms with E-state index in [0.29, 0.717) is 36.1 Å². The zero-order valence-corrected chi connectivity index (χ0v) is 17.4. The molecule has 3 aromatic rings. The molecule has 4 rings (SSSR count). The van der Waals surface area contributed by atoms with E-state index in [9.17, 15) is 14.4 Å². The van der Waals surface area contributed by atoms with Gasteiger partial charge < -0.3 is 9.32 Å². The van der Waals surface area contributed by atoms with Crippen LogP contribution >= 0.6 is 11.6 Å². The highest BCUT2D eigenvalue weighted by molar-refractivity contribution is 6.30. The number of hydrogen-bond acceptors (Lipinski definition) is 5. The number of carbonyl (C=O) groups excluding carboxylic acids is 1. The number of rotatable bonds is 4. The number of aromatic nitrogens is 3. The third kappa shape index (κ3) is 3.70. The summed E-state index contributed by atoms with van der Waals surface area (Å²) in [5, 5.41) is 0.652. The number of oxazole rings is 1. The molecule has 0 spiro atoms. The van der Waals surface area contributed by atoms with Gasteiger partial charge in [0.15, 0.2) is 0 Å². The molecule has 1 saturated heterocycles. The Bertz CT molecular complexity index is 1230. The lowest BCUT2D eigenvalue weighted by atomic mass is 10.1. The molecule has 9 heteroatoms. The van der Waals surface area contributed by atoms with Crippen LogP contribution in [0.4, 0.5) is 0 Å². The van der Waals surface area contributed by atoms with Gasteiger partial charge in [-0.05, 0) is 30.5 Å². The number of amides is 1. The fourth-order valence-electron chi connectivity index (χ4n) is 3.76. The summed E-state index contributed by atoms with van der Waals surface area (Å²) < 4.78 is 8.10. The van der Waals surface area contributed by atoms with Crippen LogP contribution in [0.3, 0.4) is 0 Å². The summed E-state index contributed by atoms with van der Waals surface area (Å²) in [4.78, 5) is 43.4. The molecule has 1 amide bonds. The lowest BCUT2D eigenvalue weighted by Gasteiger charge is -2.23. The number of halogens is 1. The summed E-state index contributed by atoms with van der Waals surface area (Å²) in [5.74, 6) is 0.739. The molecule has 1 aliphatic heterocycles. The Kier molecular flexibility index (Phi) is 5.34. The van der Waals surface area contributed by atoms with Crippen molar-refractivity contribution < 1.29 is 9.21 Å². The molecule has 30 heavy (non-hydrogen) atoms. The van der Waals surface area contributed by atoms with Crippen LogP contribution < -0.4 is 11.2 Å². The molecule has 1 unspecified atom stereocenters. The van der Waals surface area contributed by atoms with E-state index in [0.717, 1.165) is 16.6 Å². The quantitative estimate of drug-likeness (QED) is 0.636. The molecular formula is C21H21ClN4O4. The van der Waals surface area contributed by atoms with Crippen molar-refractivity contribution in [2.75, 3.05) is 6.54 Å². The minimum absolute atomic E-state index is 0.0562. The van der Waals surface area contributed by atoms with Crippen molar-refractivity contribution in [1.82, 2.24) is 19.0 Å². The Morgan fingerprint density at radius 1 is 1.23 bits per heavy atom. The van der Waals surface area contributed by atoms with Crippen LogP contribution in [0.5, 0.6) is 0 Å². The number of carbonyl (C=O) groups is 1. The standard InChI is InChI=1S/C21H21ClN4O4/c1-24-17(11-18(27)25(2)21(24)29)20(28)26-8-4-7-16(26)19-23-12-15(30-19)10-13-5-3-6-14(22)9-13/h3,5-6,9,11-12,16H,4,7-8,10H2,1-2H3. The van der Waals surface area contributed by atoms with Gasteiger partial charge in [-0.15, -0.1) is 0 Å². The van der Waals surface area contributed by atoms with Crippen LogP contribution in [-0.2, 0) is 20.5 Å². The number of hydrogen-bond donors (Lipinski definition) is 0. The molecule has 1 aromatic carbocycles. The lowest BCUT2D eigenvalue weighted by Crippen LogP contribution is -2.42. The SMILES string of the molecule is Cn1c(C(=O)N2CCCC2c2ncc(Cc3cccc(Cl)c3)o2)cc(=O)n(C)c1=O. The maximum absolute atomic E-state index is 13.1. The Morgan fingerprint density at radius 2 is 2.03 bits per heavy atom. The van der Waals surface area contributed by atoms with Crippen LogP contribution in [0.1, 0.15) is 46.6 Å². The monoisotopic (exact) mass is 428 g/mol. The minimum Gasteiger partial charge on any atom is -0.443 e. The van der Waals surface area contributed by atoms with Crippen molar-refractivity contribution in [2.45, 2.75) is 25.3 Å². The van der Waals surface area contributed by atoms with Crippen molar-refractivity contribution in [3.05, 3.63) is 85.3 Å².